The van der Waals surface area contributed by atoms with Crippen molar-refractivity contribution in [2.45, 2.75) is 19.0 Å². The van der Waals surface area contributed by atoms with Gasteiger partial charge in [0.05, 0.1) is 17.0 Å². The maximum Gasteiger partial charge on any atom is 0.270 e. The van der Waals surface area contributed by atoms with Gasteiger partial charge in [-0.15, -0.1) is 0 Å². The number of carbonyl (C=O) groups is 3. The fourth-order valence-corrected chi connectivity index (χ4v) is 4.01. The van der Waals surface area contributed by atoms with E-state index in [4.69, 9.17) is 0 Å². The van der Waals surface area contributed by atoms with Crippen molar-refractivity contribution in [3.63, 3.8) is 0 Å². The lowest BCUT2D eigenvalue weighted by atomic mass is 10.1. The molecule has 0 aromatic heterocycles. The molecule has 10 heteroatoms. The molecule has 1 aliphatic heterocycles. The largest absolute Gasteiger partial charge is 0.322 e. The van der Waals surface area contributed by atoms with Gasteiger partial charge in [-0.3, -0.25) is 24.5 Å². The van der Waals surface area contributed by atoms with E-state index in [1.807, 2.05) is 0 Å². The van der Waals surface area contributed by atoms with Crippen molar-refractivity contribution >= 4 is 45.0 Å². The molecule has 3 amide bonds. The summed E-state index contributed by atoms with van der Waals surface area (Å²) >= 11 is 3.31. The molecule has 0 aliphatic carbocycles. The predicted molar refractivity (Wildman–Crippen MR) is 124 cm³/mol. The quantitative estimate of drug-likeness (QED) is 0.268. The first kappa shape index (κ1) is 23.2. The number of nitrogens with zero attached hydrogens (tertiary/aromatic N) is 3. The highest BCUT2D eigenvalue weighted by Gasteiger charge is 2.44. The maximum atomic E-state index is 13.5. The Hall–Kier alpha value is -3.92. The molecule has 172 valence electrons. The summed E-state index contributed by atoms with van der Waals surface area (Å²) in [7, 11) is 0. The Morgan fingerprint density at radius 3 is 2.41 bits per heavy atom. The number of nitro groups is 1. The SMILES string of the molecule is O=C1CC(N(Cc2ccc(F)cc2)C(=O)c2cccc([N+](=O)[O-])c2)C(=O)N1c1ccc(Br)cc1. The van der Waals surface area contributed by atoms with Crippen molar-refractivity contribution in [1.29, 1.82) is 0 Å². The fraction of sp³-hybridized carbons (Fsp3) is 0.125. The van der Waals surface area contributed by atoms with E-state index in [1.165, 1.54) is 47.4 Å². The summed E-state index contributed by atoms with van der Waals surface area (Å²) in [5, 5.41) is 11.2. The number of carbonyl (C=O) groups excluding carboxylic acids is 3. The van der Waals surface area contributed by atoms with Crippen molar-refractivity contribution in [2.24, 2.45) is 0 Å². The van der Waals surface area contributed by atoms with Gasteiger partial charge in [0, 0.05) is 28.7 Å². The summed E-state index contributed by atoms with van der Waals surface area (Å²) < 4.78 is 14.2. The average molecular weight is 526 g/mol. The third-order valence-electron chi connectivity index (χ3n) is 5.41. The summed E-state index contributed by atoms with van der Waals surface area (Å²) in [5.41, 5.74) is 0.615. The Morgan fingerprint density at radius 2 is 1.76 bits per heavy atom. The van der Waals surface area contributed by atoms with Crippen LogP contribution in [0.3, 0.4) is 0 Å². The van der Waals surface area contributed by atoms with Crippen molar-refractivity contribution in [2.75, 3.05) is 4.90 Å². The molecule has 1 unspecified atom stereocenters. The molecule has 0 bridgehead atoms. The van der Waals surface area contributed by atoms with Crippen LogP contribution >= 0.6 is 15.9 Å². The standard InChI is InChI=1S/C24H17BrFN3O5/c25-17-6-10-19(11-7-17)28-22(30)13-21(24(28)32)27(14-15-4-8-18(26)9-5-15)23(31)16-2-1-3-20(12-16)29(33)34/h1-12,21H,13-14H2. The van der Waals surface area contributed by atoms with Gasteiger partial charge in [0.2, 0.25) is 5.91 Å². The van der Waals surface area contributed by atoms with E-state index >= 15 is 0 Å². The summed E-state index contributed by atoms with van der Waals surface area (Å²) in [4.78, 5) is 52.4. The maximum absolute atomic E-state index is 13.5. The zero-order valence-corrected chi connectivity index (χ0v) is 19.1. The number of imide groups is 1. The summed E-state index contributed by atoms with van der Waals surface area (Å²) in [6.45, 7) is -0.0975. The first-order valence-electron chi connectivity index (χ1n) is 10.2. The van der Waals surface area contributed by atoms with Gasteiger partial charge in [-0.1, -0.05) is 34.1 Å². The van der Waals surface area contributed by atoms with Crippen LogP contribution in [0.25, 0.3) is 0 Å². The molecule has 1 saturated heterocycles. The minimum absolute atomic E-state index is 0.00125. The molecule has 0 spiro atoms. The van der Waals surface area contributed by atoms with Crippen LogP contribution in [0.15, 0.2) is 77.3 Å². The number of hydrogen-bond donors (Lipinski definition) is 0. The topological polar surface area (TPSA) is 101 Å². The number of anilines is 1. The van der Waals surface area contributed by atoms with Crippen LogP contribution < -0.4 is 4.90 Å². The van der Waals surface area contributed by atoms with Gasteiger partial charge in [0.15, 0.2) is 0 Å². The normalized spacial score (nSPS) is 15.5. The minimum Gasteiger partial charge on any atom is -0.322 e. The average Bonchev–Trinajstić information content (AvgIpc) is 3.12. The number of benzene rings is 3. The molecule has 0 radical (unpaired) electrons. The van der Waals surface area contributed by atoms with Crippen LogP contribution in [0.2, 0.25) is 0 Å². The van der Waals surface area contributed by atoms with E-state index in [-0.39, 0.29) is 24.2 Å². The number of amides is 3. The number of rotatable bonds is 6. The lowest BCUT2D eigenvalue weighted by Crippen LogP contribution is -2.45. The third kappa shape index (κ3) is 4.72. The molecule has 3 aromatic carbocycles. The van der Waals surface area contributed by atoms with Crippen LogP contribution in [0.1, 0.15) is 22.3 Å². The van der Waals surface area contributed by atoms with Gasteiger partial charge >= 0.3 is 0 Å². The van der Waals surface area contributed by atoms with Crippen molar-refractivity contribution in [3.05, 3.63) is 104 Å². The van der Waals surface area contributed by atoms with E-state index in [9.17, 15) is 28.9 Å². The molecule has 3 aromatic rings. The molecule has 1 heterocycles. The van der Waals surface area contributed by atoms with E-state index in [0.717, 1.165) is 15.4 Å². The first-order valence-corrected chi connectivity index (χ1v) is 11.0. The zero-order valence-electron chi connectivity index (χ0n) is 17.6. The number of halogens is 2. The van der Waals surface area contributed by atoms with Crippen LogP contribution in [-0.2, 0) is 16.1 Å². The highest BCUT2D eigenvalue weighted by Crippen LogP contribution is 2.29. The number of non-ortho nitro benzene ring substituents is 1. The lowest BCUT2D eigenvalue weighted by molar-refractivity contribution is -0.384. The Morgan fingerprint density at radius 1 is 1.09 bits per heavy atom. The fourth-order valence-electron chi connectivity index (χ4n) is 3.75. The van der Waals surface area contributed by atoms with Gasteiger partial charge in [0.1, 0.15) is 11.9 Å². The van der Waals surface area contributed by atoms with Gasteiger partial charge in [-0.05, 0) is 48.0 Å². The van der Waals surface area contributed by atoms with Gasteiger partial charge < -0.3 is 4.90 Å². The number of nitro benzene ring substituents is 1. The van der Waals surface area contributed by atoms with Crippen LogP contribution in [-0.4, -0.2) is 33.6 Å². The van der Waals surface area contributed by atoms with E-state index in [2.05, 4.69) is 15.9 Å². The summed E-state index contributed by atoms with van der Waals surface area (Å²) in [6.07, 6.45) is -0.253. The highest BCUT2D eigenvalue weighted by atomic mass is 79.9. The van der Waals surface area contributed by atoms with E-state index < -0.39 is 34.5 Å². The van der Waals surface area contributed by atoms with Crippen molar-refractivity contribution < 1.29 is 23.7 Å². The lowest BCUT2D eigenvalue weighted by Gasteiger charge is -2.28. The van der Waals surface area contributed by atoms with Crippen LogP contribution in [0, 0.1) is 15.9 Å². The molecule has 0 N–H and O–H groups in total. The highest BCUT2D eigenvalue weighted by molar-refractivity contribution is 9.10. The monoisotopic (exact) mass is 525 g/mol. The van der Waals surface area contributed by atoms with Crippen LogP contribution in [0.4, 0.5) is 15.8 Å². The van der Waals surface area contributed by atoms with E-state index in [1.54, 1.807) is 24.3 Å². The Balaban J connectivity index is 1.71. The molecule has 8 nitrogen and oxygen atoms in total. The summed E-state index contributed by atoms with van der Waals surface area (Å²) in [5.74, 6) is -2.19. The van der Waals surface area contributed by atoms with Crippen molar-refractivity contribution in [3.8, 4) is 0 Å². The molecule has 1 aliphatic rings. The molecule has 1 fully saturated rings. The molecule has 34 heavy (non-hydrogen) atoms. The molecule has 1 atom stereocenters. The summed E-state index contributed by atoms with van der Waals surface area (Å²) in [6, 6.07) is 16.0. The molecular formula is C24H17BrFN3O5. The van der Waals surface area contributed by atoms with Gasteiger partial charge in [-0.2, -0.15) is 0 Å². The predicted octanol–water partition coefficient (Wildman–Crippen LogP) is 4.47. The zero-order chi connectivity index (χ0) is 24.4. The van der Waals surface area contributed by atoms with Crippen molar-refractivity contribution in [1.82, 2.24) is 4.90 Å². The molecule has 0 saturated carbocycles. The molecular weight excluding hydrogens is 509 g/mol. The Bertz CT molecular complexity index is 1280. The number of hydrogen-bond acceptors (Lipinski definition) is 5. The second-order valence-corrected chi connectivity index (χ2v) is 8.55. The van der Waals surface area contributed by atoms with Crippen LogP contribution in [0.5, 0.6) is 0 Å². The Kier molecular flexibility index (Phi) is 6.51. The second-order valence-electron chi connectivity index (χ2n) is 7.63. The minimum atomic E-state index is -1.13. The van der Waals surface area contributed by atoms with Gasteiger partial charge in [-0.25, -0.2) is 9.29 Å². The first-order chi connectivity index (χ1) is 16.2. The van der Waals surface area contributed by atoms with Gasteiger partial charge in [0.25, 0.3) is 17.5 Å². The molecule has 4 rings (SSSR count). The Labute approximate surface area is 201 Å². The smallest absolute Gasteiger partial charge is 0.270 e. The third-order valence-corrected chi connectivity index (χ3v) is 5.94. The second kappa shape index (κ2) is 9.52. The van der Waals surface area contributed by atoms with E-state index in [0.29, 0.717) is 11.3 Å².